The molecular weight excluding hydrogens is 382 g/mol. The Bertz CT molecular complexity index is 1310. The molecule has 0 heterocycles. The van der Waals surface area contributed by atoms with Gasteiger partial charge in [-0.15, -0.1) is 0 Å². The fraction of sp³-hybridized carbons (Fsp3) is 0.179. The zero-order valence-corrected chi connectivity index (χ0v) is 17.8. The molecule has 0 aromatic heterocycles. The third-order valence-corrected chi connectivity index (χ3v) is 6.37. The Morgan fingerprint density at radius 2 is 1.43 bits per heavy atom. The van der Waals surface area contributed by atoms with Crippen LogP contribution in [-0.2, 0) is 12.8 Å². The van der Waals surface area contributed by atoms with Gasteiger partial charge < -0.3 is 5.32 Å². The molecule has 1 nitrogen and oxygen atoms in total. The summed E-state index contributed by atoms with van der Waals surface area (Å²) < 4.78 is 0. The summed E-state index contributed by atoms with van der Waals surface area (Å²) in [5, 5.41) is 11.6. The Morgan fingerprint density at radius 1 is 0.700 bits per heavy atom. The molecule has 0 aliphatic rings. The van der Waals surface area contributed by atoms with Crippen LogP contribution in [0.25, 0.3) is 32.3 Å². The topological polar surface area (TPSA) is 12.0 Å². The Kier molecular flexibility index (Phi) is 5.33. The van der Waals surface area contributed by atoms with Crippen LogP contribution in [0.2, 0.25) is 0 Å². The number of aryl methyl sites for hydroxylation is 1. The third-order valence-electron chi connectivity index (χ3n) is 6.02. The molecule has 0 saturated heterocycles. The summed E-state index contributed by atoms with van der Waals surface area (Å²) in [4.78, 5) is 0.975. The first-order valence-electron chi connectivity index (χ1n) is 10.8. The summed E-state index contributed by atoms with van der Waals surface area (Å²) in [6, 6.07) is 30.7. The Morgan fingerprint density at radius 3 is 2.27 bits per heavy atom. The summed E-state index contributed by atoms with van der Waals surface area (Å²) in [6.45, 7) is 0.903. The van der Waals surface area contributed by atoms with E-state index in [1.54, 1.807) is 0 Å². The first-order valence-corrected chi connectivity index (χ1v) is 11.2. The van der Waals surface area contributed by atoms with Crippen LogP contribution < -0.4 is 5.32 Å². The van der Waals surface area contributed by atoms with Gasteiger partial charge in [-0.2, -0.15) is 0 Å². The lowest BCUT2D eigenvalue weighted by atomic mass is 9.90. The molecule has 0 unspecified atom stereocenters. The fourth-order valence-corrected chi connectivity index (χ4v) is 4.81. The number of hydrogen-bond donors (Lipinski definition) is 1. The molecule has 5 aromatic carbocycles. The lowest BCUT2D eigenvalue weighted by Gasteiger charge is -2.15. The van der Waals surface area contributed by atoms with E-state index in [4.69, 9.17) is 12.2 Å². The van der Waals surface area contributed by atoms with Crippen LogP contribution in [0.4, 0.5) is 0 Å². The molecule has 0 bridgehead atoms. The van der Waals surface area contributed by atoms with Crippen LogP contribution >= 0.6 is 12.2 Å². The second-order valence-electron chi connectivity index (χ2n) is 8.02. The molecule has 0 spiro atoms. The number of rotatable bonds is 7. The van der Waals surface area contributed by atoms with Crippen LogP contribution in [0.5, 0.6) is 0 Å². The van der Waals surface area contributed by atoms with Gasteiger partial charge in [-0.3, -0.25) is 0 Å². The van der Waals surface area contributed by atoms with Gasteiger partial charge in [0.15, 0.2) is 0 Å². The average molecular weight is 408 g/mol. The predicted molar refractivity (Wildman–Crippen MR) is 134 cm³/mol. The summed E-state index contributed by atoms with van der Waals surface area (Å²) in [7, 11) is 0. The maximum Gasteiger partial charge on any atom is 0.0753 e. The summed E-state index contributed by atoms with van der Waals surface area (Å²) in [5.74, 6) is 0. The van der Waals surface area contributed by atoms with Crippen molar-refractivity contribution in [2.24, 2.45) is 0 Å². The number of thiocarbonyl (C=S) groups is 1. The SMILES string of the molecule is S=C(CCCc1cc2cccc3ccc4cccc1c4c32)NCCc1ccccc1. The van der Waals surface area contributed by atoms with Gasteiger partial charge in [0, 0.05) is 6.54 Å². The molecule has 0 saturated carbocycles. The van der Waals surface area contributed by atoms with Gasteiger partial charge in [0.05, 0.1) is 4.99 Å². The van der Waals surface area contributed by atoms with E-state index in [0.29, 0.717) is 0 Å². The standard InChI is InChI=1S/C28H25NS/c30-26(29-18-17-20-7-2-1-3-8-20)14-6-11-23-19-24-12-4-9-21-15-16-22-10-5-13-25(23)28(22)27(21)24/h1-5,7-10,12-13,15-16,19H,6,11,14,17-18H2,(H,29,30). The quantitative estimate of drug-likeness (QED) is 0.229. The van der Waals surface area contributed by atoms with Crippen LogP contribution in [0.3, 0.4) is 0 Å². The summed E-state index contributed by atoms with van der Waals surface area (Å²) >= 11 is 5.58. The van der Waals surface area contributed by atoms with Gasteiger partial charge in [0.1, 0.15) is 0 Å². The van der Waals surface area contributed by atoms with Crippen LogP contribution in [-0.4, -0.2) is 11.5 Å². The van der Waals surface area contributed by atoms with Gasteiger partial charge in [0.2, 0.25) is 0 Å². The molecule has 0 aliphatic heterocycles. The van der Waals surface area contributed by atoms with Crippen LogP contribution in [0.1, 0.15) is 24.0 Å². The summed E-state index contributed by atoms with van der Waals surface area (Å²) in [6.07, 6.45) is 4.06. The van der Waals surface area contributed by atoms with Crippen molar-refractivity contribution in [2.45, 2.75) is 25.7 Å². The minimum Gasteiger partial charge on any atom is -0.379 e. The highest BCUT2D eigenvalue weighted by Crippen LogP contribution is 2.36. The molecule has 5 aromatic rings. The lowest BCUT2D eigenvalue weighted by molar-refractivity contribution is 0.816. The molecule has 148 valence electrons. The monoisotopic (exact) mass is 407 g/mol. The Balaban J connectivity index is 1.28. The largest absolute Gasteiger partial charge is 0.379 e. The molecule has 2 heteroatoms. The first-order chi connectivity index (χ1) is 14.8. The van der Waals surface area contributed by atoms with E-state index in [0.717, 1.165) is 37.2 Å². The highest BCUT2D eigenvalue weighted by molar-refractivity contribution is 7.80. The minimum absolute atomic E-state index is 0.903. The number of hydrogen-bond acceptors (Lipinski definition) is 1. The van der Waals surface area contributed by atoms with Crippen molar-refractivity contribution in [3.8, 4) is 0 Å². The van der Waals surface area contributed by atoms with E-state index >= 15 is 0 Å². The minimum atomic E-state index is 0.903. The van der Waals surface area contributed by atoms with Gasteiger partial charge in [0.25, 0.3) is 0 Å². The van der Waals surface area contributed by atoms with E-state index in [1.807, 2.05) is 0 Å². The second-order valence-corrected chi connectivity index (χ2v) is 8.52. The average Bonchev–Trinajstić information content (AvgIpc) is 2.78. The third kappa shape index (κ3) is 3.76. The van der Waals surface area contributed by atoms with Gasteiger partial charge >= 0.3 is 0 Å². The predicted octanol–water partition coefficient (Wildman–Crippen LogP) is 7.07. The summed E-state index contributed by atoms with van der Waals surface area (Å²) in [5.41, 5.74) is 2.78. The van der Waals surface area contributed by atoms with Crippen molar-refractivity contribution in [1.29, 1.82) is 0 Å². The van der Waals surface area contributed by atoms with Crippen molar-refractivity contribution in [1.82, 2.24) is 5.32 Å². The maximum atomic E-state index is 5.58. The van der Waals surface area contributed by atoms with Gasteiger partial charge in [-0.05, 0) is 69.1 Å². The number of benzene rings is 5. The molecular formula is C28H25NS. The van der Waals surface area contributed by atoms with E-state index < -0.39 is 0 Å². The molecule has 5 rings (SSSR count). The first kappa shape index (κ1) is 19.0. The molecule has 0 radical (unpaired) electrons. The molecule has 30 heavy (non-hydrogen) atoms. The smallest absolute Gasteiger partial charge is 0.0753 e. The zero-order valence-electron chi connectivity index (χ0n) is 17.0. The van der Waals surface area contributed by atoms with Crippen molar-refractivity contribution >= 4 is 49.5 Å². The van der Waals surface area contributed by atoms with E-state index in [1.165, 1.54) is 43.4 Å². The molecule has 0 aliphatic carbocycles. The maximum absolute atomic E-state index is 5.58. The Labute approximate surface area is 183 Å². The van der Waals surface area contributed by atoms with E-state index in [-0.39, 0.29) is 0 Å². The second kappa shape index (κ2) is 8.41. The van der Waals surface area contributed by atoms with Crippen molar-refractivity contribution in [3.63, 3.8) is 0 Å². The lowest BCUT2D eigenvalue weighted by Crippen LogP contribution is -2.23. The number of nitrogens with one attached hydrogen (secondary N) is 1. The molecule has 1 N–H and O–H groups in total. The highest BCUT2D eigenvalue weighted by atomic mass is 32.1. The molecule has 0 amide bonds. The van der Waals surface area contributed by atoms with E-state index in [9.17, 15) is 0 Å². The Hall–Kier alpha value is -2.97. The van der Waals surface area contributed by atoms with Crippen molar-refractivity contribution < 1.29 is 0 Å². The van der Waals surface area contributed by atoms with Crippen LogP contribution in [0.15, 0.2) is 84.9 Å². The highest BCUT2D eigenvalue weighted by Gasteiger charge is 2.11. The fourth-order valence-electron chi connectivity index (χ4n) is 4.56. The molecule has 0 fully saturated rings. The van der Waals surface area contributed by atoms with Crippen molar-refractivity contribution in [3.05, 3.63) is 96.1 Å². The van der Waals surface area contributed by atoms with Gasteiger partial charge in [-0.25, -0.2) is 0 Å². The van der Waals surface area contributed by atoms with Crippen molar-refractivity contribution in [2.75, 3.05) is 6.54 Å². The molecule has 0 atom stereocenters. The van der Waals surface area contributed by atoms with E-state index in [2.05, 4.69) is 90.2 Å². The van der Waals surface area contributed by atoms with Crippen LogP contribution in [0, 0.1) is 0 Å². The zero-order chi connectivity index (χ0) is 20.3. The van der Waals surface area contributed by atoms with Gasteiger partial charge in [-0.1, -0.05) is 97.1 Å². The normalized spacial score (nSPS) is 11.5.